The van der Waals surface area contributed by atoms with Crippen LogP contribution in [0.25, 0.3) is 11.5 Å². The summed E-state index contributed by atoms with van der Waals surface area (Å²) in [7, 11) is 0. The maximum Gasteiger partial charge on any atom is 0.317 e. The molecular weight excluding hydrogens is 358 g/mol. The number of carbonyl (C=O) groups excluding carboxylic acids is 1. The van der Waals surface area contributed by atoms with E-state index >= 15 is 0 Å². The van der Waals surface area contributed by atoms with Crippen LogP contribution in [0.1, 0.15) is 32.0 Å². The Morgan fingerprint density at radius 3 is 2.93 bits per heavy atom. The number of ether oxygens (including phenoxy) is 1. The number of likely N-dealkylation sites (tertiary alicyclic amines) is 1. The van der Waals surface area contributed by atoms with Crippen molar-refractivity contribution < 1.29 is 22.8 Å². The maximum absolute atomic E-state index is 13.8. The second kappa shape index (κ2) is 8.90. The first-order valence-electron chi connectivity index (χ1n) is 8.99. The molecule has 1 aliphatic heterocycles. The van der Waals surface area contributed by atoms with Crippen molar-refractivity contribution in [3.05, 3.63) is 35.7 Å². The highest BCUT2D eigenvalue weighted by molar-refractivity contribution is 5.74. The van der Waals surface area contributed by atoms with Gasteiger partial charge in [-0.1, -0.05) is 18.1 Å². The Morgan fingerprint density at radius 2 is 2.19 bits per heavy atom. The number of amides is 2. The number of benzene rings is 1. The Kier molecular flexibility index (Phi) is 6.33. The molecule has 1 aromatic heterocycles. The molecule has 0 bridgehead atoms. The zero-order chi connectivity index (χ0) is 19.2. The Labute approximate surface area is 155 Å². The highest BCUT2D eigenvalue weighted by Gasteiger charge is 2.24. The predicted octanol–water partition coefficient (Wildman–Crippen LogP) is 3.12. The van der Waals surface area contributed by atoms with Crippen molar-refractivity contribution in [3.63, 3.8) is 0 Å². The molecule has 3 rings (SSSR count). The zero-order valence-electron chi connectivity index (χ0n) is 15.1. The zero-order valence-corrected chi connectivity index (χ0v) is 15.1. The fraction of sp³-hybridized carbons (Fsp3) is 0.500. The highest BCUT2D eigenvalue weighted by Crippen LogP contribution is 2.24. The lowest BCUT2D eigenvalue weighted by atomic mass is 10.1. The molecule has 0 radical (unpaired) electrons. The van der Waals surface area contributed by atoms with Gasteiger partial charge in [0.1, 0.15) is 17.2 Å². The van der Waals surface area contributed by atoms with Crippen molar-refractivity contribution >= 4 is 6.03 Å². The molecule has 0 saturated carbocycles. The Balaban J connectivity index is 1.56. The average molecular weight is 380 g/mol. The quantitative estimate of drug-likeness (QED) is 0.833. The number of nitrogens with zero attached hydrogens (tertiary/aromatic N) is 3. The second-order valence-electron chi connectivity index (χ2n) is 6.35. The van der Waals surface area contributed by atoms with E-state index in [9.17, 15) is 13.6 Å². The van der Waals surface area contributed by atoms with Gasteiger partial charge in [-0.3, -0.25) is 0 Å². The third-order valence-electron chi connectivity index (χ3n) is 4.27. The van der Waals surface area contributed by atoms with Gasteiger partial charge in [-0.05, 0) is 31.4 Å². The van der Waals surface area contributed by atoms with E-state index in [1.807, 2.05) is 6.92 Å². The molecule has 1 N–H and O–H groups in total. The summed E-state index contributed by atoms with van der Waals surface area (Å²) in [6.07, 6.45) is 2.79. The molecule has 1 aliphatic rings. The number of rotatable bonds is 6. The number of carbonyl (C=O) groups is 1. The second-order valence-corrected chi connectivity index (χ2v) is 6.35. The third-order valence-corrected chi connectivity index (χ3v) is 4.27. The minimum absolute atomic E-state index is 0.00457. The van der Waals surface area contributed by atoms with Crippen molar-refractivity contribution in [2.24, 2.45) is 0 Å². The van der Waals surface area contributed by atoms with E-state index in [1.165, 1.54) is 6.07 Å². The lowest BCUT2D eigenvalue weighted by molar-refractivity contribution is 0.00999. The normalized spacial score (nSPS) is 17.1. The Hall–Kier alpha value is -2.55. The van der Waals surface area contributed by atoms with Crippen LogP contribution >= 0.6 is 0 Å². The lowest BCUT2D eigenvalue weighted by Gasteiger charge is -2.32. The van der Waals surface area contributed by atoms with Gasteiger partial charge >= 0.3 is 6.03 Å². The topological polar surface area (TPSA) is 80.5 Å². The van der Waals surface area contributed by atoms with Crippen molar-refractivity contribution in [1.29, 1.82) is 0 Å². The first-order valence-corrected chi connectivity index (χ1v) is 8.99. The number of urea groups is 1. The summed E-state index contributed by atoms with van der Waals surface area (Å²) < 4.78 is 38.2. The van der Waals surface area contributed by atoms with E-state index in [0.717, 1.165) is 31.4 Å². The number of nitrogens with one attached hydrogen (secondary N) is 1. The number of halogens is 2. The van der Waals surface area contributed by atoms with Crippen LogP contribution in [0.15, 0.2) is 22.7 Å². The van der Waals surface area contributed by atoms with E-state index in [0.29, 0.717) is 19.7 Å². The molecule has 1 atom stereocenters. The summed E-state index contributed by atoms with van der Waals surface area (Å²) in [5, 5.41) is 6.37. The summed E-state index contributed by atoms with van der Waals surface area (Å²) in [5.74, 6) is -1.71. The van der Waals surface area contributed by atoms with Crippen LogP contribution in [-0.2, 0) is 11.3 Å². The van der Waals surface area contributed by atoms with Crippen LogP contribution in [0.4, 0.5) is 13.6 Å². The van der Waals surface area contributed by atoms with Crippen LogP contribution in [-0.4, -0.2) is 46.9 Å². The number of hydrogen-bond acceptors (Lipinski definition) is 5. The van der Waals surface area contributed by atoms with Gasteiger partial charge in [0.2, 0.25) is 0 Å². The number of hydrogen-bond donors (Lipinski definition) is 1. The largest absolute Gasteiger partial charge is 0.376 e. The van der Waals surface area contributed by atoms with Gasteiger partial charge < -0.3 is 19.5 Å². The lowest BCUT2D eigenvalue weighted by Crippen LogP contribution is -2.47. The molecule has 0 unspecified atom stereocenters. The molecule has 2 amide bonds. The summed E-state index contributed by atoms with van der Waals surface area (Å²) >= 11 is 0. The first kappa shape index (κ1) is 19.2. The summed E-state index contributed by atoms with van der Waals surface area (Å²) in [5.41, 5.74) is -0.380. The fourth-order valence-corrected chi connectivity index (χ4v) is 2.94. The van der Waals surface area contributed by atoms with Gasteiger partial charge in [0.15, 0.2) is 5.82 Å². The van der Waals surface area contributed by atoms with Crippen molar-refractivity contribution in [3.8, 4) is 11.5 Å². The number of piperidine rings is 1. The van der Waals surface area contributed by atoms with Crippen LogP contribution in [0.2, 0.25) is 0 Å². The van der Waals surface area contributed by atoms with Gasteiger partial charge in [0, 0.05) is 19.7 Å². The fourth-order valence-electron chi connectivity index (χ4n) is 2.94. The molecule has 9 heteroatoms. The first-order chi connectivity index (χ1) is 13.1. The minimum Gasteiger partial charge on any atom is -0.376 e. The summed E-state index contributed by atoms with van der Waals surface area (Å²) in [6.45, 7) is 3.90. The molecule has 2 aromatic rings. The van der Waals surface area contributed by atoms with Crippen LogP contribution < -0.4 is 5.32 Å². The Morgan fingerprint density at radius 1 is 1.41 bits per heavy atom. The molecule has 0 spiro atoms. The molecule has 146 valence electrons. The van der Waals surface area contributed by atoms with Crippen molar-refractivity contribution in [1.82, 2.24) is 20.4 Å². The van der Waals surface area contributed by atoms with E-state index in [4.69, 9.17) is 9.26 Å². The average Bonchev–Trinajstić information content (AvgIpc) is 3.13. The molecule has 1 fully saturated rings. The van der Waals surface area contributed by atoms with Gasteiger partial charge in [-0.2, -0.15) is 4.98 Å². The van der Waals surface area contributed by atoms with Gasteiger partial charge in [-0.25, -0.2) is 13.6 Å². The maximum atomic E-state index is 13.8. The van der Waals surface area contributed by atoms with Gasteiger partial charge in [0.05, 0.1) is 12.6 Å². The third kappa shape index (κ3) is 4.79. The minimum atomic E-state index is -0.791. The summed E-state index contributed by atoms with van der Waals surface area (Å²) in [4.78, 5) is 18.0. The molecule has 1 aromatic carbocycles. The smallest absolute Gasteiger partial charge is 0.317 e. The van der Waals surface area contributed by atoms with Crippen molar-refractivity contribution in [2.75, 3.05) is 19.7 Å². The van der Waals surface area contributed by atoms with Crippen LogP contribution in [0, 0.1) is 11.6 Å². The predicted molar refractivity (Wildman–Crippen MR) is 92.7 cm³/mol. The molecular formula is C18H22F2N4O3. The monoisotopic (exact) mass is 380 g/mol. The van der Waals surface area contributed by atoms with E-state index in [2.05, 4.69) is 15.5 Å². The van der Waals surface area contributed by atoms with Gasteiger partial charge in [-0.15, -0.1) is 0 Å². The van der Waals surface area contributed by atoms with Crippen LogP contribution in [0.3, 0.4) is 0 Å². The van der Waals surface area contributed by atoms with Crippen molar-refractivity contribution in [2.45, 2.75) is 38.8 Å². The molecule has 1 saturated heterocycles. The molecule has 2 heterocycles. The number of aromatic nitrogens is 2. The highest BCUT2D eigenvalue weighted by atomic mass is 19.1. The summed E-state index contributed by atoms with van der Waals surface area (Å²) in [6, 6.07) is 3.21. The molecule has 27 heavy (non-hydrogen) atoms. The van der Waals surface area contributed by atoms with Gasteiger partial charge in [0.25, 0.3) is 5.89 Å². The Bertz CT molecular complexity index is 763. The van der Waals surface area contributed by atoms with E-state index in [-0.39, 0.29) is 36.0 Å². The SMILES string of the molecule is CCCO[C@@H]1CCCN(C(=O)NCc2noc(-c3c(F)cccc3F)n2)C1. The van der Waals surface area contributed by atoms with E-state index in [1.54, 1.807) is 4.90 Å². The molecule has 7 nitrogen and oxygen atoms in total. The molecule has 0 aliphatic carbocycles. The van der Waals surface area contributed by atoms with Crippen LogP contribution in [0.5, 0.6) is 0 Å². The van der Waals surface area contributed by atoms with E-state index < -0.39 is 11.6 Å². The standard InChI is InChI=1S/C18H22F2N4O3/c1-2-9-26-12-5-4-8-24(11-12)18(25)21-10-15-22-17(27-23-15)16-13(19)6-3-7-14(16)20/h3,6-7,12H,2,4-5,8-11H2,1H3,(H,21,25)/t12-/m1/s1.